The lowest BCUT2D eigenvalue weighted by molar-refractivity contribution is -0.122. The molecule has 1 aliphatic rings. The lowest BCUT2D eigenvalue weighted by Crippen LogP contribution is -2.31. The highest BCUT2D eigenvalue weighted by Gasteiger charge is 2.29. The monoisotopic (exact) mass is 328 g/mol. The predicted molar refractivity (Wildman–Crippen MR) is 88.6 cm³/mol. The van der Waals surface area contributed by atoms with Gasteiger partial charge in [0.1, 0.15) is 5.75 Å². The number of amides is 1. The van der Waals surface area contributed by atoms with Crippen molar-refractivity contribution in [2.45, 2.75) is 12.5 Å². The molecule has 1 N–H and O–H groups in total. The number of thiazole rings is 1. The van der Waals surface area contributed by atoms with Crippen LogP contribution in [0.5, 0.6) is 5.75 Å². The van der Waals surface area contributed by atoms with E-state index in [1.807, 2.05) is 47.2 Å². The number of thiophene rings is 1. The number of benzene rings is 1. The van der Waals surface area contributed by atoms with Gasteiger partial charge in [0.25, 0.3) is 5.91 Å². The first kappa shape index (κ1) is 13.5. The van der Waals surface area contributed by atoms with E-state index in [0.717, 1.165) is 21.9 Å². The molecule has 0 unspecified atom stereocenters. The molecule has 0 bridgehead atoms. The Morgan fingerprint density at radius 1 is 1.23 bits per heavy atom. The average molecular weight is 328 g/mol. The van der Waals surface area contributed by atoms with Crippen molar-refractivity contribution in [1.82, 2.24) is 4.98 Å². The Bertz CT molecular complexity index is 786. The molecule has 1 aliphatic heterocycles. The molecule has 0 radical (unpaired) electrons. The van der Waals surface area contributed by atoms with Crippen LogP contribution in [0.1, 0.15) is 5.56 Å². The van der Waals surface area contributed by atoms with Gasteiger partial charge in [-0.05, 0) is 23.1 Å². The number of para-hydroxylation sites is 1. The van der Waals surface area contributed by atoms with E-state index in [-0.39, 0.29) is 5.91 Å². The molecule has 0 fully saturated rings. The number of anilines is 1. The molecule has 1 aromatic carbocycles. The van der Waals surface area contributed by atoms with Crippen LogP contribution in [0.3, 0.4) is 0 Å². The third-order valence-electron chi connectivity index (χ3n) is 3.45. The summed E-state index contributed by atoms with van der Waals surface area (Å²) in [5.41, 5.74) is 1.96. The SMILES string of the molecule is O=C(Nc1nc(-c2cccs2)cs1)[C@@H]1Cc2ccccc2O1. The van der Waals surface area contributed by atoms with Crippen molar-refractivity contribution in [2.75, 3.05) is 5.32 Å². The summed E-state index contributed by atoms with van der Waals surface area (Å²) in [5, 5.41) is 7.41. The van der Waals surface area contributed by atoms with Crippen LogP contribution >= 0.6 is 22.7 Å². The van der Waals surface area contributed by atoms with E-state index in [0.29, 0.717) is 11.6 Å². The van der Waals surface area contributed by atoms with Gasteiger partial charge in [-0.25, -0.2) is 4.98 Å². The van der Waals surface area contributed by atoms with Gasteiger partial charge < -0.3 is 4.74 Å². The minimum atomic E-state index is -0.480. The molecule has 22 heavy (non-hydrogen) atoms. The number of aromatic nitrogens is 1. The second-order valence-electron chi connectivity index (χ2n) is 4.92. The lowest BCUT2D eigenvalue weighted by atomic mass is 10.1. The highest BCUT2D eigenvalue weighted by molar-refractivity contribution is 7.16. The molecule has 4 nitrogen and oxygen atoms in total. The summed E-state index contributed by atoms with van der Waals surface area (Å²) in [4.78, 5) is 17.9. The number of nitrogens with one attached hydrogen (secondary N) is 1. The quantitative estimate of drug-likeness (QED) is 0.795. The molecule has 0 spiro atoms. The average Bonchev–Trinajstić information content (AvgIpc) is 3.26. The van der Waals surface area contributed by atoms with Crippen LogP contribution in [0.15, 0.2) is 47.2 Å². The van der Waals surface area contributed by atoms with Crippen LogP contribution in [0.4, 0.5) is 5.13 Å². The zero-order valence-corrected chi connectivity index (χ0v) is 13.1. The van der Waals surface area contributed by atoms with Crippen molar-refractivity contribution >= 4 is 33.7 Å². The van der Waals surface area contributed by atoms with E-state index < -0.39 is 6.10 Å². The number of hydrogen-bond donors (Lipinski definition) is 1. The van der Waals surface area contributed by atoms with Gasteiger partial charge in [0.2, 0.25) is 0 Å². The van der Waals surface area contributed by atoms with E-state index in [1.165, 1.54) is 11.3 Å². The third-order valence-corrected chi connectivity index (χ3v) is 5.10. The van der Waals surface area contributed by atoms with E-state index in [4.69, 9.17) is 4.74 Å². The van der Waals surface area contributed by atoms with Crippen LogP contribution in [0.25, 0.3) is 10.6 Å². The fraction of sp³-hybridized carbons (Fsp3) is 0.125. The molecule has 0 saturated carbocycles. The summed E-state index contributed by atoms with van der Waals surface area (Å²) in [7, 11) is 0. The van der Waals surface area contributed by atoms with Crippen molar-refractivity contribution in [3.8, 4) is 16.3 Å². The van der Waals surface area contributed by atoms with Gasteiger partial charge in [0.15, 0.2) is 11.2 Å². The van der Waals surface area contributed by atoms with Gasteiger partial charge in [-0.3, -0.25) is 10.1 Å². The summed E-state index contributed by atoms with van der Waals surface area (Å²) in [6, 6.07) is 11.7. The molecule has 1 amide bonds. The van der Waals surface area contributed by atoms with Gasteiger partial charge in [-0.15, -0.1) is 22.7 Å². The summed E-state index contributed by atoms with van der Waals surface area (Å²) < 4.78 is 5.69. The van der Waals surface area contributed by atoms with Crippen LogP contribution in [-0.4, -0.2) is 17.0 Å². The van der Waals surface area contributed by atoms with Crippen molar-refractivity contribution in [2.24, 2.45) is 0 Å². The summed E-state index contributed by atoms with van der Waals surface area (Å²) in [6.45, 7) is 0. The maximum absolute atomic E-state index is 12.3. The van der Waals surface area contributed by atoms with Crippen LogP contribution < -0.4 is 10.1 Å². The molecule has 0 aliphatic carbocycles. The number of hydrogen-bond acceptors (Lipinski definition) is 5. The van der Waals surface area contributed by atoms with Gasteiger partial charge in [-0.1, -0.05) is 24.3 Å². The van der Waals surface area contributed by atoms with Gasteiger partial charge >= 0.3 is 0 Å². The molecule has 6 heteroatoms. The Kier molecular flexibility index (Phi) is 3.40. The second-order valence-corrected chi connectivity index (χ2v) is 6.73. The third kappa shape index (κ3) is 2.51. The lowest BCUT2D eigenvalue weighted by Gasteiger charge is -2.09. The van der Waals surface area contributed by atoms with Crippen molar-refractivity contribution in [1.29, 1.82) is 0 Å². The first-order valence-corrected chi connectivity index (χ1v) is 8.60. The van der Waals surface area contributed by atoms with E-state index in [1.54, 1.807) is 11.3 Å². The number of nitrogens with zero attached hydrogens (tertiary/aromatic N) is 1. The van der Waals surface area contributed by atoms with Crippen molar-refractivity contribution < 1.29 is 9.53 Å². The molecule has 110 valence electrons. The first-order chi connectivity index (χ1) is 10.8. The van der Waals surface area contributed by atoms with E-state index in [2.05, 4.69) is 10.3 Å². The minimum Gasteiger partial charge on any atom is -0.480 e. The second kappa shape index (κ2) is 5.55. The fourth-order valence-corrected chi connectivity index (χ4v) is 3.86. The van der Waals surface area contributed by atoms with Crippen LogP contribution in [0.2, 0.25) is 0 Å². The highest BCUT2D eigenvalue weighted by atomic mass is 32.1. The number of ether oxygens (including phenoxy) is 1. The first-order valence-electron chi connectivity index (χ1n) is 6.84. The minimum absolute atomic E-state index is 0.150. The summed E-state index contributed by atoms with van der Waals surface area (Å²) in [5.74, 6) is 0.643. The standard InChI is InChI=1S/C16H12N2O2S2/c19-15(13-8-10-4-1-2-5-12(10)20-13)18-16-17-11(9-22-16)14-6-3-7-21-14/h1-7,9,13H,8H2,(H,17,18,19)/t13-/m0/s1. The van der Waals surface area contributed by atoms with Crippen LogP contribution in [0, 0.1) is 0 Å². The van der Waals surface area contributed by atoms with Crippen molar-refractivity contribution in [3.05, 3.63) is 52.7 Å². The maximum atomic E-state index is 12.3. The molecule has 0 saturated heterocycles. The fourth-order valence-electron chi connectivity index (χ4n) is 2.38. The van der Waals surface area contributed by atoms with Gasteiger partial charge in [0.05, 0.1) is 10.6 Å². The number of fused-ring (bicyclic) bond motifs is 1. The smallest absolute Gasteiger partial charge is 0.267 e. The topological polar surface area (TPSA) is 51.2 Å². The molecule has 3 heterocycles. The molecule has 2 aromatic heterocycles. The zero-order chi connectivity index (χ0) is 14.9. The Morgan fingerprint density at radius 2 is 2.14 bits per heavy atom. The number of rotatable bonds is 3. The van der Waals surface area contributed by atoms with Crippen LogP contribution in [-0.2, 0) is 11.2 Å². The summed E-state index contributed by atoms with van der Waals surface area (Å²) in [6.07, 6.45) is 0.122. The van der Waals surface area contributed by atoms with Gasteiger partial charge in [0, 0.05) is 11.8 Å². The highest BCUT2D eigenvalue weighted by Crippen LogP contribution is 2.30. The molecule has 1 atom stereocenters. The molecule has 3 aromatic rings. The zero-order valence-electron chi connectivity index (χ0n) is 11.5. The van der Waals surface area contributed by atoms with Crippen molar-refractivity contribution in [3.63, 3.8) is 0 Å². The predicted octanol–water partition coefficient (Wildman–Crippen LogP) is 3.81. The largest absolute Gasteiger partial charge is 0.480 e. The Balaban J connectivity index is 1.45. The van der Waals surface area contributed by atoms with Gasteiger partial charge in [-0.2, -0.15) is 0 Å². The molecular formula is C16H12N2O2S2. The number of carbonyl (C=O) groups excluding carboxylic acids is 1. The number of carbonyl (C=O) groups is 1. The summed E-state index contributed by atoms with van der Waals surface area (Å²) >= 11 is 3.06. The molecule has 4 rings (SSSR count). The Hall–Kier alpha value is -2.18. The normalized spacial score (nSPS) is 16.1. The van der Waals surface area contributed by atoms with E-state index in [9.17, 15) is 4.79 Å². The maximum Gasteiger partial charge on any atom is 0.267 e. The molecular weight excluding hydrogens is 316 g/mol. The Morgan fingerprint density at radius 3 is 2.95 bits per heavy atom. The Labute approximate surface area is 135 Å². The van der Waals surface area contributed by atoms with E-state index >= 15 is 0 Å².